The van der Waals surface area contributed by atoms with Crippen LogP contribution in [0, 0.1) is 5.92 Å². The number of carbonyl (C=O) groups excluding carboxylic acids is 3. The molecule has 1 aliphatic heterocycles. The molecule has 1 atom stereocenters. The largest absolute Gasteiger partial charge is 0.353 e. The maximum Gasteiger partial charge on any atom is 0.256 e. The molecule has 1 saturated carbocycles. The molecule has 2 aliphatic rings. The third kappa shape index (κ3) is 3.26. The minimum Gasteiger partial charge on any atom is -0.353 e. The van der Waals surface area contributed by atoms with Gasteiger partial charge in [-0.25, -0.2) is 0 Å². The lowest BCUT2D eigenvalue weighted by molar-refractivity contribution is -0.136. The molecule has 110 valence electrons. The van der Waals surface area contributed by atoms with Gasteiger partial charge in [-0.3, -0.25) is 19.3 Å². The van der Waals surface area contributed by atoms with Gasteiger partial charge in [0.05, 0.1) is 12.3 Å². The number of likely N-dealkylation sites (tertiary alicyclic amines) is 1. The van der Waals surface area contributed by atoms with E-state index in [1.165, 1.54) is 13.5 Å². The van der Waals surface area contributed by atoms with Gasteiger partial charge in [-0.2, -0.15) is 0 Å². The molecule has 1 N–H and O–H groups in total. The summed E-state index contributed by atoms with van der Waals surface area (Å²) in [6, 6.07) is 0.265. The SMILES string of the molecule is CC(/C=C1\CC(=O)N(C)C1=O)C(=O)NC1CCCCC1. The predicted molar refractivity (Wildman–Crippen MR) is 74.7 cm³/mol. The van der Waals surface area contributed by atoms with Gasteiger partial charge in [0.25, 0.3) is 5.91 Å². The Hall–Kier alpha value is -1.65. The Balaban J connectivity index is 1.93. The highest BCUT2D eigenvalue weighted by atomic mass is 16.2. The summed E-state index contributed by atoms with van der Waals surface area (Å²) in [6.07, 6.45) is 7.38. The molecule has 0 radical (unpaired) electrons. The van der Waals surface area contributed by atoms with Crippen LogP contribution in [0.2, 0.25) is 0 Å². The molecule has 0 spiro atoms. The first-order valence-electron chi connectivity index (χ1n) is 7.31. The van der Waals surface area contributed by atoms with Gasteiger partial charge in [-0.15, -0.1) is 0 Å². The van der Waals surface area contributed by atoms with Crippen molar-refractivity contribution in [3.8, 4) is 0 Å². The highest BCUT2D eigenvalue weighted by Crippen LogP contribution is 2.20. The van der Waals surface area contributed by atoms with E-state index < -0.39 is 0 Å². The summed E-state index contributed by atoms with van der Waals surface area (Å²) in [5, 5.41) is 3.04. The highest BCUT2D eigenvalue weighted by molar-refractivity contribution is 6.13. The number of amides is 3. The van der Waals surface area contributed by atoms with E-state index in [9.17, 15) is 14.4 Å². The van der Waals surface area contributed by atoms with Gasteiger partial charge in [0.15, 0.2) is 0 Å². The fraction of sp³-hybridized carbons (Fsp3) is 0.667. The zero-order valence-corrected chi connectivity index (χ0v) is 12.1. The van der Waals surface area contributed by atoms with Crippen molar-refractivity contribution >= 4 is 17.7 Å². The smallest absolute Gasteiger partial charge is 0.256 e. The van der Waals surface area contributed by atoms with Crippen LogP contribution in [0.25, 0.3) is 0 Å². The van der Waals surface area contributed by atoms with Crippen LogP contribution >= 0.6 is 0 Å². The molecule has 5 heteroatoms. The summed E-state index contributed by atoms with van der Waals surface area (Å²) < 4.78 is 0. The predicted octanol–water partition coefficient (Wildman–Crippen LogP) is 1.39. The van der Waals surface area contributed by atoms with E-state index in [1.807, 2.05) is 0 Å². The van der Waals surface area contributed by atoms with Crippen molar-refractivity contribution in [1.82, 2.24) is 10.2 Å². The molecule has 5 nitrogen and oxygen atoms in total. The minimum atomic E-state index is -0.379. The first-order chi connectivity index (χ1) is 9.49. The molecule has 1 saturated heterocycles. The molecule has 20 heavy (non-hydrogen) atoms. The van der Waals surface area contributed by atoms with Gasteiger partial charge < -0.3 is 5.32 Å². The quantitative estimate of drug-likeness (QED) is 0.626. The van der Waals surface area contributed by atoms with Crippen LogP contribution in [0.5, 0.6) is 0 Å². The van der Waals surface area contributed by atoms with Crippen molar-refractivity contribution in [3.63, 3.8) is 0 Å². The topological polar surface area (TPSA) is 66.5 Å². The Morgan fingerprint density at radius 3 is 2.50 bits per heavy atom. The van der Waals surface area contributed by atoms with Crippen molar-refractivity contribution in [3.05, 3.63) is 11.6 Å². The molecule has 1 heterocycles. The van der Waals surface area contributed by atoms with Crippen LogP contribution in [0.3, 0.4) is 0 Å². The highest BCUT2D eigenvalue weighted by Gasteiger charge is 2.31. The van der Waals surface area contributed by atoms with Crippen molar-refractivity contribution in [2.24, 2.45) is 5.92 Å². The van der Waals surface area contributed by atoms with E-state index in [2.05, 4.69) is 5.32 Å². The van der Waals surface area contributed by atoms with Gasteiger partial charge >= 0.3 is 0 Å². The third-order valence-corrected chi connectivity index (χ3v) is 4.11. The lowest BCUT2D eigenvalue weighted by Gasteiger charge is -2.23. The first kappa shape index (κ1) is 14.8. The number of likely N-dealkylation sites (N-methyl/N-ethyl adjacent to an activating group) is 1. The number of hydrogen-bond donors (Lipinski definition) is 1. The summed E-state index contributed by atoms with van der Waals surface area (Å²) in [5.41, 5.74) is 0.434. The van der Waals surface area contributed by atoms with Gasteiger partial charge in [0, 0.05) is 18.7 Å². The monoisotopic (exact) mass is 278 g/mol. The number of nitrogens with zero attached hydrogens (tertiary/aromatic N) is 1. The van der Waals surface area contributed by atoms with E-state index in [0.29, 0.717) is 5.57 Å². The molecule has 0 aromatic rings. The van der Waals surface area contributed by atoms with Crippen LogP contribution in [-0.2, 0) is 14.4 Å². The molecule has 2 rings (SSSR count). The third-order valence-electron chi connectivity index (χ3n) is 4.11. The van der Waals surface area contributed by atoms with Crippen LogP contribution in [0.4, 0.5) is 0 Å². The standard InChI is InChI=1S/C15H22N2O3/c1-10(8-11-9-13(18)17(2)15(11)20)14(19)16-12-6-4-3-5-7-12/h8,10,12H,3-7,9H2,1-2H3,(H,16,19)/b11-8+. The van der Waals surface area contributed by atoms with E-state index in [4.69, 9.17) is 0 Å². The van der Waals surface area contributed by atoms with Crippen LogP contribution in [0.1, 0.15) is 45.4 Å². The number of imide groups is 1. The maximum atomic E-state index is 12.1. The first-order valence-corrected chi connectivity index (χ1v) is 7.31. The molecule has 2 fully saturated rings. The van der Waals surface area contributed by atoms with Crippen molar-refractivity contribution < 1.29 is 14.4 Å². The molecular weight excluding hydrogens is 256 g/mol. The molecule has 1 aliphatic carbocycles. The molecule has 0 aromatic heterocycles. The van der Waals surface area contributed by atoms with E-state index in [1.54, 1.807) is 13.0 Å². The number of rotatable bonds is 3. The molecule has 3 amide bonds. The summed E-state index contributed by atoms with van der Waals surface area (Å²) in [5.74, 6) is -0.928. The average molecular weight is 278 g/mol. The summed E-state index contributed by atoms with van der Waals surface area (Å²) in [6.45, 7) is 1.77. The maximum absolute atomic E-state index is 12.1. The molecule has 1 unspecified atom stereocenters. The molecule has 0 aromatic carbocycles. The van der Waals surface area contributed by atoms with Gasteiger partial charge in [0.1, 0.15) is 0 Å². The van der Waals surface area contributed by atoms with Crippen molar-refractivity contribution in [2.75, 3.05) is 7.05 Å². The van der Waals surface area contributed by atoms with Crippen molar-refractivity contribution in [2.45, 2.75) is 51.5 Å². The van der Waals surface area contributed by atoms with E-state index in [0.717, 1.165) is 30.6 Å². The Morgan fingerprint density at radius 1 is 1.30 bits per heavy atom. The Labute approximate surface area is 119 Å². The summed E-state index contributed by atoms with van der Waals surface area (Å²) in [4.78, 5) is 36.4. The second kappa shape index (κ2) is 6.20. The minimum absolute atomic E-state index is 0.0563. The molecule has 0 bridgehead atoms. The molecular formula is C15H22N2O3. The number of carbonyl (C=O) groups is 3. The van der Waals surface area contributed by atoms with Crippen LogP contribution < -0.4 is 5.32 Å². The fourth-order valence-corrected chi connectivity index (χ4v) is 2.77. The fourth-order valence-electron chi connectivity index (χ4n) is 2.77. The zero-order chi connectivity index (χ0) is 14.7. The van der Waals surface area contributed by atoms with Crippen LogP contribution in [-0.4, -0.2) is 35.7 Å². The van der Waals surface area contributed by atoms with E-state index >= 15 is 0 Å². The van der Waals surface area contributed by atoms with E-state index in [-0.39, 0.29) is 36.1 Å². The van der Waals surface area contributed by atoms with Gasteiger partial charge in [0.2, 0.25) is 11.8 Å². The second-order valence-corrected chi connectivity index (χ2v) is 5.76. The second-order valence-electron chi connectivity index (χ2n) is 5.76. The zero-order valence-electron chi connectivity index (χ0n) is 12.1. The van der Waals surface area contributed by atoms with Gasteiger partial charge in [-0.05, 0) is 12.8 Å². The number of nitrogens with one attached hydrogen (secondary N) is 1. The lowest BCUT2D eigenvalue weighted by Crippen LogP contribution is -2.38. The Morgan fingerprint density at radius 2 is 1.95 bits per heavy atom. The average Bonchev–Trinajstić information content (AvgIpc) is 2.67. The normalized spacial score (nSPS) is 24.3. The Kier molecular flexibility index (Phi) is 4.57. The van der Waals surface area contributed by atoms with Crippen LogP contribution in [0.15, 0.2) is 11.6 Å². The summed E-state index contributed by atoms with van der Waals surface area (Å²) >= 11 is 0. The van der Waals surface area contributed by atoms with Crippen molar-refractivity contribution in [1.29, 1.82) is 0 Å². The lowest BCUT2D eigenvalue weighted by atomic mass is 9.95. The Bertz CT molecular complexity index is 450. The van der Waals surface area contributed by atoms with Gasteiger partial charge in [-0.1, -0.05) is 32.3 Å². The number of hydrogen-bond acceptors (Lipinski definition) is 3. The summed E-state index contributed by atoms with van der Waals surface area (Å²) in [7, 11) is 1.47.